The molecule has 1 N–H and O–H groups in total. The zero-order chi connectivity index (χ0) is 18.8. The van der Waals surface area contributed by atoms with Crippen molar-refractivity contribution < 1.29 is 9.59 Å². The van der Waals surface area contributed by atoms with E-state index < -0.39 is 0 Å². The van der Waals surface area contributed by atoms with E-state index in [1.165, 1.54) is 0 Å². The first-order valence-electron chi connectivity index (χ1n) is 9.89. The number of carbonyl (C=O) groups excluding carboxylic acids is 2. The van der Waals surface area contributed by atoms with Gasteiger partial charge < -0.3 is 15.1 Å². The van der Waals surface area contributed by atoms with Gasteiger partial charge in [-0.2, -0.15) is 0 Å². The maximum atomic E-state index is 13.1. The van der Waals surface area contributed by atoms with Crippen molar-refractivity contribution in [2.24, 2.45) is 5.92 Å². The summed E-state index contributed by atoms with van der Waals surface area (Å²) in [6.07, 6.45) is 2.53. The Morgan fingerprint density at radius 1 is 1.04 bits per heavy atom. The van der Waals surface area contributed by atoms with Gasteiger partial charge in [-0.15, -0.1) is 12.4 Å². The molecule has 2 saturated heterocycles. The molecule has 0 saturated carbocycles. The van der Waals surface area contributed by atoms with Gasteiger partial charge in [0, 0.05) is 44.2 Å². The van der Waals surface area contributed by atoms with E-state index in [0.29, 0.717) is 19.1 Å². The number of benzene rings is 2. The molecule has 28 heavy (non-hydrogen) atoms. The summed E-state index contributed by atoms with van der Waals surface area (Å²) in [5, 5.41) is 5.40. The smallest absolute Gasteiger partial charge is 0.254 e. The lowest BCUT2D eigenvalue weighted by molar-refractivity contribution is -0.137. The quantitative estimate of drug-likeness (QED) is 0.860. The third kappa shape index (κ3) is 4.01. The molecule has 1 atom stereocenters. The number of carbonyl (C=O) groups is 2. The number of rotatable bonds is 3. The molecule has 0 radical (unpaired) electrons. The molecule has 2 aromatic carbocycles. The molecule has 2 heterocycles. The Morgan fingerprint density at radius 2 is 1.75 bits per heavy atom. The summed E-state index contributed by atoms with van der Waals surface area (Å²) in [4.78, 5) is 29.7. The van der Waals surface area contributed by atoms with Gasteiger partial charge in [0.25, 0.3) is 5.91 Å². The van der Waals surface area contributed by atoms with Crippen molar-refractivity contribution in [3.63, 3.8) is 0 Å². The zero-order valence-corrected chi connectivity index (χ0v) is 17.1. The third-order valence-corrected chi connectivity index (χ3v) is 6.08. The minimum atomic E-state index is 0. The first-order valence-corrected chi connectivity index (χ1v) is 9.89. The predicted octanol–water partition coefficient (Wildman–Crippen LogP) is 2.93. The fraction of sp³-hybridized carbons (Fsp3) is 0.455. The zero-order valence-electron chi connectivity index (χ0n) is 16.3. The van der Waals surface area contributed by atoms with Crippen molar-refractivity contribution in [1.29, 1.82) is 0 Å². The molecule has 2 amide bonds. The van der Waals surface area contributed by atoms with Gasteiger partial charge in [-0.25, -0.2) is 0 Å². The number of nitrogens with zero attached hydrogens (tertiary/aromatic N) is 2. The summed E-state index contributed by atoms with van der Waals surface area (Å²) in [7, 11) is 1.92. The first kappa shape index (κ1) is 20.6. The number of amides is 2. The lowest BCUT2D eigenvalue weighted by atomic mass is 9.94. The van der Waals surface area contributed by atoms with Crippen LogP contribution in [0.5, 0.6) is 0 Å². The summed E-state index contributed by atoms with van der Waals surface area (Å²) in [6.45, 7) is 3.17. The molecule has 150 valence electrons. The van der Waals surface area contributed by atoms with Gasteiger partial charge in [0.1, 0.15) is 0 Å². The Balaban J connectivity index is 0.00000225. The second-order valence-corrected chi connectivity index (χ2v) is 7.69. The number of likely N-dealkylation sites (tertiary alicyclic amines) is 1. The third-order valence-electron chi connectivity index (χ3n) is 6.08. The van der Waals surface area contributed by atoms with Crippen LogP contribution in [0.15, 0.2) is 42.5 Å². The number of fused-ring (bicyclic) bond motifs is 1. The Morgan fingerprint density at radius 3 is 2.46 bits per heavy atom. The SMILES string of the molecule is CN(C(=O)C1CCN(C(=O)c2cccc3ccccc23)CC1)C1CCNC1.Cl. The molecule has 2 fully saturated rings. The molecule has 0 bridgehead atoms. The fourth-order valence-corrected chi connectivity index (χ4v) is 4.35. The molecule has 1 unspecified atom stereocenters. The number of likely N-dealkylation sites (N-methyl/N-ethyl adjacent to an activating group) is 1. The number of hydrogen-bond acceptors (Lipinski definition) is 3. The Kier molecular flexibility index (Phi) is 6.57. The molecular weight excluding hydrogens is 374 g/mol. The van der Waals surface area contributed by atoms with E-state index in [4.69, 9.17) is 0 Å². The van der Waals surface area contributed by atoms with Crippen molar-refractivity contribution in [3.8, 4) is 0 Å². The lowest BCUT2D eigenvalue weighted by Crippen LogP contribution is -2.46. The second kappa shape index (κ2) is 8.93. The van der Waals surface area contributed by atoms with E-state index in [2.05, 4.69) is 5.32 Å². The Labute approximate surface area is 172 Å². The van der Waals surface area contributed by atoms with Crippen LogP contribution in [-0.2, 0) is 4.79 Å². The largest absolute Gasteiger partial charge is 0.341 e. The van der Waals surface area contributed by atoms with Crippen molar-refractivity contribution >= 4 is 35.0 Å². The molecule has 2 aromatic rings. The van der Waals surface area contributed by atoms with Gasteiger partial charge in [-0.3, -0.25) is 9.59 Å². The number of hydrogen-bond donors (Lipinski definition) is 1. The normalized spacial score (nSPS) is 20.0. The van der Waals surface area contributed by atoms with E-state index in [-0.39, 0.29) is 30.1 Å². The number of nitrogens with one attached hydrogen (secondary N) is 1. The molecule has 2 aliphatic heterocycles. The summed E-state index contributed by atoms with van der Waals surface area (Å²) in [6, 6.07) is 14.2. The molecule has 0 aliphatic carbocycles. The van der Waals surface area contributed by atoms with Crippen LogP contribution in [0.2, 0.25) is 0 Å². The van der Waals surface area contributed by atoms with Gasteiger partial charge in [0.15, 0.2) is 0 Å². The minimum absolute atomic E-state index is 0. The van der Waals surface area contributed by atoms with Crippen molar-refractivity contribution in [2.45, 2.75) is 25.3 Å². The fourth-order valence-electron chi connectivity index (χ4n) is 4.35. The monoisotopic (exact) mass is 401 g/mol. The topological polar surface area (TPSA) is 52.7 Å². The van der Waals surface area contributed by atoms with Gasteiger partial charge in [-0.1, -0.05) is 36.4 Å². The highest BCUT2D eigenvalue weighted by atomic mass is 35.5. The molecule has 0 spiro atoms. The van der Waals surface area contributed by atoms with Crippen LogP contribution in [0.25, 0.3) is 10.8 Å². The van der Waals surface area contributed by atoms with Crippen LogP contribution in [0.4, 0.5) is 0 Å². The highest BCUT2D eigenvalue weighted by Crippen LogP contribution is 2.25. The van der Waals surface area contributed by atoms with Crippen LogP contribution in [-0.4, -0.2) is 60.9 Å². The summed E-state index contributed by atoms with van der Waals surface area (Å²) >= 11 is 0. The number of piperidine rings is 1. The van der Waals surface area contributed by atoms with E-state index >= 15 is 0 Å². The van der Waals surface area contributed by atoms with Crippen molar-refractivity contribution in [3.05, 3.63) is 48.0 Å². The molecule has 0 aromatic heterocycles. The minimum Gasteiger partial charge on any atom is -0.341 e. The molecule has 2 aliphatic rings. The molecule has 4 rings (SSSR count). The van der Waals surface area contributed by atoms with Crippen LogP contribution < -0.4 is 5.32 Å². The van der Waals surface area contributed by atoms with Gasteiger partial charge in [-0.05, 0) is 42.6 Å². The number of halogens is 1. The maximum Gasteiger partial charge on any atom is 0.254 e. The maximum absolute atomic E-state index is 13.1. The standard InChI is InChI=1S/C22H27N3O2.ClH/c1-24(18-9-12-23-15-18)21(26)17-10-13-25(14-11-17)22(27)20-8-4-6-16-5-2-3-7-19(16)20;/h2-8,17-18,23H,9-15H2,1H3;1H. The average Bonchev–Trinajstić information content (AvgIpc) is 3.27. The van der Waals surface area contributed by atoms with Crippen LogP contribution >= 0.6 is 12.4 Å². The van der Waals surface area contributed by atoms with Gasteiger partial charge in [0.2, 0.25) is 5.91 Å². The van der Waals surface area contributed by atoms with Crippen molar-refractivity contribution in [2.75, 3.05) is 33.2 Å². The first-order chi connectivity index (χ1) is 13.1. The average molecular weight is 402 g/mol. The highest BCUT2D eigenvalue weighted by molar-refractivity contribution is 6.07. The van der Waals surface area contributed by atoms with E-state index in [1.807, 2.05) is 59.3 Å². The molecule has 6 heteroatoms. The summed E-state index contributed by atoms with van der Waals surface area (Å²) < 4.78 is 0. The summed E-state index contributed by atoms with van der Waals surface area (Å²) in [5.74, 6) is 0.346. The molecular formula is C22H28ClN3O2. The highest BCUT2D eigenvalue weighted by Gasteiger charge is 2.32. The van der Waals surface area contributed by atoms with Crippen LogP contribution in [0.1, 0.15) is 29.6 Å². The molecule has 5 nitrogen and oxygen atoms in total. The van der Waals surface area contributed by atoms with Gasteiger partial charge in [0.05, 0.1) is 0 Å². The Hall–Kier alpha value is -2.11. The lowest BCUT2D eigenvalue weighted by Gasteiger charge is -2.35. The van der Waals surface area contributed by atoms with Gasteiger partial charge >= 0.3 is 0 Å². The van der Waals surface area contributed by atoms with E-state index in [9.17, 15) is 9.59 Å². The Bertz CT molecular complexity index is 837. The van der Waals surface area contributed by atoms with E-state index in [1.54, 1.807) is 0 Å². The summed E-state index contributed by atoms with van der Waals surface area (Å²) in [5.41, 5.74) is 0.757. The van der Waals surface area contributed by atoms with Crippen LogP contribution in [0.3, 0.4) is 0 Å². The predicted molar refractivity (Wildman–Crippen MR) is 114 cm³/mol. The second-order valence-electron chi connectivity index (χ2n) is 7.69. The van der Waals surface area contributed by atoms with Crippen LogP contribution in [0, 0.1) is 5.92 Å². The van der Waals surface area contributed by atoms with E-state index in [0.717, 1.165) is 48.7 Å². The van der Waals surface area contributed by atoms with Crippen molar-refractivity contribution in [1.82, 2.24) is 15.1 Å².